The molecule has 0 bridgehead atoms. The number of aromatic nitrogens is 1. The summed E-state index contributed by atoms with van der Waals surface area (Å²) in [6.07, 6.45) is 0.649. The second kappa shape index (κ2) is 9.21. The van der Waals surface area contributed by atoms with Gasteiger partial charge in [0.2, 0.25) is 5.91 Å². The summed E-state index contributed by atoms with van der Waals surface area (Å²) in [6, 6.07) is 11.9. The van der Waals surface area contributed by atoms with Gasteiger partial charge in [-0.15, -0.1) is 0 Å². The first-order chi connectivity index (χ1) is 14.4. The number of nitrogens with zero attached hydrogens (tertiary/aromatic N) is 1. The summed E-state index contributed by atoms with van der Waals surface area (Å²) in [7, 11) is 0. The molecular formula is C22H21FN2O5. The molecule has 1 aromatic heterocycles. The average molecular weight is 412 g/mol. The Morgan fingerprint density at radius 2 is 1.83 bits per heavy atom. The molecule has 1 atom stereocenters. The van der Waals surface area contributed by atoms with Crippen LogP contribution in [0.25, 0.3) is 10.8 Å². The van der Waals surface area contributed by atoms with Crippen LogP contribution in [0.15, 0.2) is 59.5 Å². The molecule has 0 aliphatic carbocycles. The maximum Gasteiger partial charge on any atom is 0.347 e. The fraction of sp³-hybridized carbons (Fsp3) is 0.227. The van der Waals surface area contributed by atoms with Crippen molar-refractivity contribution >= 4 is 28.3 Å². The highest BCUT2D eigenvalue weighted by Crippen LogP contribution is 2.24. The molecule has 0 aliphatic heterocycles. The lowest BCUT2D eigenvalue weighted by Crippen LogP contribution is -2.28. The van der Waals surface area contributed by atoms with Gasteiger partial charge in [-0.3, -0.25) is 9.59 Å². The smallest absolute Gasteiger partial charge is 0.347 e. The fourth-order valence-corrected chi connectivity index (χ4v) is 2.90. The van der Waals surface area contributed by atoms with Gasteiger partial charge in [-0.1, -0.05) is 6.07 Å². The van der Waals surface area contributed by atoms with Crippen LogP contribution in [0.1, 0.15) is 13.8 Å². The highest BCUT2D eigenvalue weighted by Gasteiger charge is 2.18. The van der Waals surface area contributed by atoms with Gasteiger partial charge in [0.1, 0.15) is 18.1 Å². The maximum atomic E-state index is 13.0. The van der Waals surface area contributed by atoms with Crippen LogP contribution in [0.3, 0.4) is 0 Å². The number of esters is 1. The number of amides is 1. The van der Waals surface area contributed by atoms with E-state index in [1.165, 1.54) is 35.0 Å². The summed E-state index contributed by atoms with van der Waals surface area (Å²) in [4.78, 5) is 36.9. The van der Waals surface area contributed by atoms with Crippen molar-refractivity contribution < 1.29 is 23.5 Å². The number of carbonyl (C=O) groups is 2. The number of benzene rings is 2. The molecule has 2 aromatic carbocycles. The lowest BCUT2D eigenvalue weighted by molar-refractivity contribution is -0.150. The molecule has 0 aliphatic rings. The Bertz CT molecular complexity index is 1120. The minimum absolute atomic E-state index is 0.212. The van der Waals surface area contributed by atoms with Crippen molar-refractivity contribution in [3.05, 3.63) is 70.9 Å². The van der Waals surface area contributed by atoms with E-state index in [4.69, 9.17) is 9.47 Å². The summed E-state index contributed by atoms with van der Waals surface area (Å²) < 4.78 is 24.8. The number of anilines is 1. The maximum absolute atomic E-state index is 13.0. The minimum atomic E-state index is -0.834. The Labute approximate surface area is 172 Å². The predicted octanol–water partition coefficient (Wildman–Crippen LogP) is 3.11. The molecule has 1 amide bonds. The van der Waals surface area contributed by atoms with Crippen molar-refractivity contribution in [2.24, 2.45) is 0 Å². The number of rotatable bonds is 7. The Morgan fingerprint density at radius 3 is 2.53 bits per heavy atom. The molecule has 8 heteroatoms. The zero-order valence-corrected chi connectivity index (χ0v) is 16.6. The van der Waals surface area contributed by atoms with E-state index in [-0.39, 0.29) is 18.7 Å². The van der Waals surface area contributed by atoms with Gasteiger partial charge in [0.05, 0.1) is 12.0 Å². The van der Waals surface area contributed by atoms with Crippen molar-refractivity contribution in [2.75, 3.05) is 11.9 Å². The lowest BCUT2D eigenvalue weighted by atomic mass is 10.1. The zero-order valence-electron chi connectivity index (χ0n) is 16.6. The first kappa shape index (κ1) is 21.0. The molecule has 0 unspecified atom stereocenters. The van der Waals surface area contributed by atoms with Crippen LogP contribution >= 0.6 is 0 Å². The second-order valence-corrected chi connectivity index (χ2v) is 6.53. The van der Waals surface area contributed by atoms with E-state index in [0.29, 0.717) is 22.2 Å². The zero-order chi connectivity index (χ0) is 21.7. The molecule has 3 rings (SSSR count). The molecule has 0 fully saturated rings. The summed E-state index contributed by atoms with van der Waals surface area (Å²) in [6.45, 7) is 3.30. The molecule has 0 saturated carbocycles. The van der Waals surface area contributed by atoms with Crippen LogP contribution in [-0.4, -0.2) is 29.2 Å². The summed E-state index contributed by atoms with van der Waals surface area (Å²) in [5.41, 5.74) is 0.0508. The molecule has 3 aromatic rings. The Morgan fingerprint density at radius 1 is 1.10 bits per heavy atom. The quantitative estimate of drug-likeness (QED) is 0.603. The lowest BCUT2D eigenvalue weighted by Gasteiger charge is -2.15. The third-order valence-corrected chi connectivity index (χ3v) is 4.34. The van der Waals surface area contributed by atoms with Crippen LogP contribution in [0, 0.1) is 5.82 Å². The van der Waals surface area contributed by atoms with Crippen molar-refractivity contribution in [1.29, 1.82) is 0 Å². The van der Waals surface area contributed by atoms with Gasteiger partial charge in [0, 0.05) is 17.3 Å². The molecule has 0 radical (unpaired) electrons. The number of ether oxygens (including phenoxy) is 2. The largest absolute Gasteiger partial charge is 0.478 e. The van der Waals surface area contributed by atoms with Crippen LogP contribution in [0.2, 0.25) is 0 Å². The number of halogens is 1. The SMILES string of the molecule is CCOC(=O)[C@@H](C)Oc1cccc2c(=O)n(CC(=O)Nc3ccc(F)cc3)ccc12. The normalized spacial score (nSPS) is 11.7. The highest BCUT2D eigenvalue weighted by molar-refractivity contribution is 5.91. The van der Waals surface area contributed by atoms with Crippen molar-refractivity contribution in [3.63, 3.8) is 0 Å². The molecule has 7 nitrogen and oxygen atoms in total. The van der Waals surface area contributed by atoms with E-state index < -0.39 is 23.8 Å². The first-order valence-electron chi connectivity index (χ1n) is 9.40. The topological polar surface area (TPSA) is 86.6 Å². The molecule has 30 heavy (non-hydrogen) atoms. The number of pyridine rings is 1. The number of nitrogens with one attached hydrogen (secondary N) is 1. The molecule has 1 N–H and O–H groups in total. The Hall–Kier alpha value is -3.68. The van der Waals surface area contributed by atoms with Gasteiger partial charge in [-0.05, 0) is 56.3 Å². The minimum Gasteiger partial charge on any atom is -0.478 e. The third-order valence-electron chi connectivity index (χ3n) is 4.34. The van der Waals surface area contributed by atoms with E-state index in [1.54, 1.807) is 38.1 Å². The van der Waals surface area contributed by atoms with Crippen molar-refractivity contribution in [3.8, 4) is 5.75 Å². The summed E-state index contributed by atoms with van der Waals surface area (Å²) in [5, 5.41) is 3.48. The molecule has 1 heterocycles. The number of hydrogen-bond acceptors (Lipinski definition) is 5. The summed E-state index contributed by atoms with van der Waals surface area (Å²) in [5.74, 6) is -0.964. The van der Waals surface area contributed by atoms with Gasteiger partial charge in [-0.2, -0.15) is 0 Å². The van der Waals surface area contributed by atoms with Crippen LogP contribution < -0.4 is 15.6 Å². The highest BCUT2D eigenvalue weighted by atomic mass is 19.1. The van der Waals surface area contributed by atoms with Crippen LogP contribution in [0.5, 0.6) is 5.75 Å². The Balaban J connectivity index is 1.80. The molecule has 0 spiro atoms. The fourth-order valence-electron chi connectivity index (χ4n) is 2.90. The summed E-state index contributed by atoms with van der Waals surface area (Å²) >= 11 is 0. The van der Waals surface area contributed by atoms with Gasteiger partial charge in [0.15, 0.2) is 6.10 Å². The van der Waals surface area contributed by atoms with Gasteiger partial charge >= 0.3 is 5.97 Å². The van der Waals surface area contributed by atoms with Gasteiger partial charge in [0.25, 0.3) is 5.56 Å². The van der Waals surface area contributed by atoms with Crippen molar-refractivity contribution in [1.82, 2.24) is 4.57 Å². The van der Waals surface area contributed by atoms with E-state index >= 15 is 0 Å². The van der Waals surface area contributed by atoms with Crippen LogP contribution in [-0.2, 0) is 20.9 Å². The van der Waals surface area contributed by atoms with E-state index in [0.717, 1.165) is 0 Å². The predicted molar refractivity (Wildman–Crippen MR) is 110 cm³/mol. The van der Waals surface area contributed by atoms with E-state index in [9.17, 15) is 18.8 Å². The Kier molecular flexibility index (Phi) is 6.46. The molecule has 0 saturated heterocycles. The molecular weight excluding hydrogens is 391 g/mol. The second-order valence-electron chi connectivity index (χ2n) is 6.53. The van der Waals surface area contributed by atoms with E-state index in [1.807, 2.05) is 0 Å². The number of hydrogen-bond donors (Lipinski definition) is 1. The first-order valence-corrected chi connectivity index (χ1v) is 9.40. The molecule has 156 valence electrons. The monoisotopic (exact) mass is 412 g/mol. The van der Waals surface area contributed by atoms with Gasteiger partial charge < -0.3 is 19.4 Å². The number of carbonyl (C=O) groups excluding carboxylic acids is 2. The average Bonchev–Trinajstić information content (AvgIpc) is 2.72. The third kappa shape index (κ3) is 4.83. The van der Waals surface area contributed by atoms with Crippen molar-refractivity contribution in [2.45, 2.75) is 26.5 Å². The van der Waals surface area contributed by atoms with Crippen LogP contribution in [0.4, 0.5) is 10.1 Å². The number of fused-ring (bicyclic) bond motifs is 1. The van der Waals surface area contributed by atoms with E-state index in [2.05, 4.69) is 5.32 Å². The van der Waals surface area contributed by atoms with Gasteiger partial charge in [-0.25, -0.2) is 9.18 Å². The standard InChI is InChI=1S/C22H21FN2O5/c1-3-29-22(28)14(2)30-19-6-4-5-18-17(19)11-12-25(21(18)27)13-20(26)24-16-9-7-15(23)8-10-16/h4-12,14H,3,13H2,1-2H3,(H,24,26)/t14-/m1/s1.